The van der Waals surface area contributed by atoms with Crippen molar-refractivity contribution >= 4 is 29.2 Å². The normalized spacial score (nSPS) is 15.7. The molecule has 1 saturated heterocycles. The van der Waals surface area contributed by atoms with E-state index in [2.05, 4.69) is 5.32 Å². The van der Waals surface area contributed by atoms with E-state index in [0.717, 1.165) is 6.07 Å². The third-order valence-corrected chi connectivity index (χ3v) is 3.38. The van der Waals surface area contributed by atoms with Crippen LogP contribution >= 0.6 is 11.6 Å². The van der Waals surface area contributed by atoms with E-state index in [1.165, 1.54) is 12.1 Å². The zero-order chi connectivity index (χ0) is 14.7. The smallest absolute Gasteiger partial charge is 0.303 e. The fourth-order valence-corrected chi connectivity index (χ4v) is 2.38. The molecule has 1 aliphatic rings. The van der Waals surface area contributed by atoms with Crippen molar-refractivity contribution in [2.75, 3.05) is 25.0 Å². The average Bonchev–Trinajstić information content (AvgIpc) is 2.29. The minimum atomic E-state index is -0.822. The van der Waals surface area contributed by atoms with Gasteiger partial charge in [0.2, 0.25) is 5.91 Å². The lowest BCUT2D eigenvalue weighted by Crippen LogP contribution is -2.50. The summed E-state index contributed by atoms with van der Waals surface area (Å²) < 4.78 is 12.9. The Hall–Kier alpha value is -1.66. The molecule has 0 atom stereocenters. The van der Waals surface area contributed by atoms with Crippen LogP contribution in [0.1, 0.15) is 6.42 Å². The monoisotopic (exact) mass is 300 g/mol. The van der Waals surface area contributed by atoms with Gasteiger partial charge in [-0.05, 0) is 24.1 Å². The summed E-state index contributed by atoms with van der Waals surface area (Å²) >= 11 is 5.80. The molecular weight excluding hydrogens is 287 g/mol. The third-order valence-electron chi connectivity index (χ3n) is 3.07. The molecule has 0 aliphatic carbocycles. The van der Waals surface area contributed by atoms with Gasteiger partial charge >= 0.3 is 5.97 Å². The fourth-order valence-electron chi connectivity index (χ4n) is 2.17. The van der Waals surface area contributed by atoms with Crippen molar-refractivity contribution in [2.45, 2.75) is 6.42 Å². The first-order valence-electron chi connectivity index (χ1n) is 6.13. The third kappa shape index (κ3) is 3.91. The number of hydrogen-bond donors (Lipinski definition) is 2. The van der Waals surface area contributed by atoms with E-state index >= 15 is 0 Å². The topological polar surface area (TPSA) is 69.6 Å². The molecular formula is C13H14ClFN2O3. The molecule has 1 amide bonds. The molecule has 1 aromatic carbocycles. The Bertz CT molecular complexity index is 532. The van der Waals surface area contributed by atoms with Gasteiger partial charge in [0.05, 0.1) is 23.7 Å². The van der Waals surface area contributed by atoms with Gasteiger partial charge in [-0.3, -0.25) is 14.5 Å². The summed E-state index contributed by atoms with van der Waals surface area (Å²) in [4.78, 5) is 24.1. The number of aliphatic carboxylic acids is 1. The van der Waals surface area contributed by atoms with Gasteiger partial charge in [-0.2, -0.15) is 0 Å². The fraction of sp³-hybridized carbons (Fsp3) is 0.385. The minimum Gasteiger partial charge on any atom is -0.481 e. The van der Waals surface area contributed by atoms with Gasteiger partial charge in [-0.25, -0.2) is 4.39 Å². The highest BCUT2D eigenvalue weighted by atomic mass is 35.5. The van der Waals surface area contributed by atoms with Crippen molar-refractivity contribution in [1.29, 1.82) is 0 Å². The molecule has 0 saturated carbocycles. The highest BCUT2D eigenvalue weighted by Crippen LogP contribution is 2.23. The SMILES string of the molecule is O=C(O)CC1CN(CC(=O)Nc2ccc(F)cc2Cl)C1. The highest BCUT2D eigenvalue weighted by molar-refractivity contribution is 6.33. The van der Waals surface area contributed by atoms with E-state index in [0.29, 0.717) is 18.8 Å². The lowest BCUT2D eigenvalue weighted by atomic mass is 9.96. The van der Waals surface area contributed by atoms with Crippen LogP contribution in [0.25, 0.3) is 0 Å². The second-order valence-electron chi connectivity index (χ2n) is 4.83. The molecule has 0 spiro atoms. The van der Waals surface area contributed by atoms with Crippen molar-refractivity contribution in [1.82, 2.24) is 4.90 Å². The van der Waals surface area contributed by atoms with Crippen LogP contribution in [0.4, 0.5) is 10.1 Å². The molecule has 7 heteroatoms. The van der Waals surface area contributed by atoms with Crippen molar-refractivity contribution in [3.05, 3.63) is 29.0 Å². The van der Waals surface area contributed by atoms with Gasteiger partial charge in [0, 0.05) is 13.1 Å². The summed E-state index contributed by atoms with van der Waals surface area (Å²) in [5.41, 5.74) is 0.362. The lowest BCUT2D eigenvalue weighted by Gasteiger charge is -2.37. The number of rotatable bonds is 5. The molecule has 1 fully saturated rings. The van der Waals surface area contributed by atoms with E-state index < -0.39 is 11.8 Å². The van der Waals surface area contributed by atoms with Crippen LogP contribution in [-0.2, 0) is 9.59 Å². The number of anilines is 1. The number of carboxylic acids is 1. The predicted octanol–water partition coefficient (Wildman–Crippen LogP) is 1.82. The molecule has 20 heavy (non-hydrogen) atoms. The predicted molar refractivity (Wildman–Crippen MR) is 72.2 cm³/mol. The Morgan fingerprint density at radius 3 is 2.75 bits per heavy atom. The number of carbonyl (C=O) groups is 2. The average molecular weight is 301 g/mol. The molecule has 108 valence electrons. The molecule has 1 heterocycles. The Balaban J connectivity index is 1.78. The number of halogens is 2. The van der Waals surface area contributed by atoms with Crippen molar-refractivity contribution in [3.8, 4) is 0 Å². The van der Waals surface area contributed by atoms with Crippen LogP contribution in [-0.4, -0.2) is 41.5 Å². The first-order chi connectivity index (χ1) is 9.44. The molecule has 2 N–H and O–H groups in total. The Morgan fingerprint density at radius 1 is 1.45 bits per heavy atom. The van der Waals surface area contributed by atoms with E-state index in [4.69, 9.17) is 16.7 Å². The molecule has 1 aromatic rings. The van der Waals surface area contributed by atoms with E-state index in [9.17, 15) is 14.0 Å². The summed E-state index contributed by atoms with van der Waals surface area (Å²) in [5.74, 6) is -1.44. The zero-order valence-electron chi connectivity index (χ0n) is 10.6. The Morgan fingerprint density at radius 2 is 2.15 bits per heavy atom. The molecule has 0 unspecified atom stereocenters. The zero-order valence-corrected chi connectivity index (χ0v) is 11.4. The van der Waals surface area contributed by atoms with E-state index in [-0.39, 0.29) is 29.8 Å². The van der Waals surface area contributed by atoms with E-state index in [1.807, 2.05) is 4.90 Å². The standard InChI is InChI=1S/C13H14ClFN2O3/c14-10-4-9(15)1-2-11(10)16-12(18)7-17-5-8(6-17)3-13(19)20/h1-2,4,8H,3,5-7H2,(H,16,18)(H,19,20). The largest absolute Gasteiger partial charge is 0.481 e. The number of carboxylic acid groups (broad SMARTS) is 1. The van der Waals surface area contributed by atoms with Gasteiger partial charge in [-0.1, -0.05) is 11.6 Å². The number of hydrogen-bond acceptors (Lipinski definition) is 3. The van der Waals surface area contributed by atoms with Crippen LogP contribution < -0.4 is 5.32 Å². The first kappa shape index (κ1) is 14.7. The summed E-state index contributed by atoms with van der Waals surface area (Å²) in [5, 5.41) is 11.4. The summed E-state index contributed by atoms with van der Waals surface area (Å²) in [6, 6.07) is 3.75. The van der Waals surface area contributed by atoms with Gasteiger partial charge < -0.3 is 10.4 Å². The van der Waals surface area contributed by atoms with Crippen LogP contribution in [0, 0.1) is 11.7 Å². The Kier molecular flexibility index (Phi) is 4.57. The molecule has 0 bridgehead atoms. The molecule has 0 aromatic heterocycles. The number of carbonyl (C=O) groups excluding carboxylic acids is 1. The van der Waals surface area contributed by atoms with Gasteiger partial charge in [0.1, 0.15) is 5.82 Å². The number of benzene rings is 1. The number of amides is 1. The summed E-state index contributed by atoms with van der Waals surface area (Å²) in [7, 11) is 0. The maximum atomic E-state index is 12.9. The van der Waals surface area contributed by atoms with Crippen LogP contribution in [0.3, 0.4) is 0 Å². The number of likely N-dealkylation sites (tertiary alicyclic amines) is 1. The molecule has 2 rings (SSSR count). The van der Waals surface area contributed by atoms with Crippen molar-refractivity contribution in [3.63, 3.8) is 0 Å². The second-order valence-corrected chi connectivity index (χ2v) is 5.24. The summed E-state index contributed by atoms with van der Waals surface area (Å²) in [6.07, 6.45) is 0.127. The minimum absolute atomic E-state index is 0.106. The maximum Gasteiger partial charge on any atom is 0.303 e. The van der Waals surface area contributed by atoms with Crippen molar-refractivity contribution in [2.24, 2.45) is 5.92 Å². The highest BCUT2D eigenvalue weighted by Gasteiger charge is 2.29. The van der Waals surface area contributed by atoms with Crippen LogP contribution in [0.5, 0.6) is 0 Å². The first-order valence-corrected chi connectivity index (χ1v) is 6.51. The quantitative estimate of drug-likeness (QED) is 0.870. The lowest BCUT2D eigenvalue weighted by molar-refractivity contribution is -0.139. The Labute approximate surface area is 120 Å². The van der Waals surface area contributed by atoms with Crippen LogP contribution in [0.15, 0.2) is 18.2 Å². The van der Waals surface area contributed by atoms with Crippen LogP contribution in [0.2, 0.25) is 5.02 Å². The van der Waals surface area contributed by atoms with Gasteiger partial charge in [-0.15, -0.1) is 0 Å². The molecule has 0 radical (unpaired) electrons. The second kappa shape index (κ2) is 6.19. The maximum absolute atomic E-state index is 12.9. The van der Waals surface area contributed by atoms with Crippen molar-refractivity contribution < 1.29 is 19.1 Å². The van der Waals surface area contributed by atoms with Gasteiger partial charge in [0.25, 0.3) is 0 Å². The molecule has 5 nitrogen and oxygen atoms in total. The number of nitrogens with zero attached hydrogens (tertiary/aromatic N) is 1. The number of nitrogens with one attached hydrogen (secondary N) is 1. The summed E-state index contributed by atoms with van der Waals surface area (Å²) in [6.45, 7) is 1.36. The van der Waals surface area contributed by atoms with Gasteiger partial charge in [0.15, 0.2) is 0 Å². The van der Waals surface area contributed by atoms with E-state index in [1.54, 1.807) is 0 Å². The molecule has 1 aliphatic heterocycles.